The predicted octanol–water partition coefficient (Wildman–Crippen LogP) is 5.07. The van der Waals surface area contributed by atoms with Crippen molar-refractivity contribution in [1.82, 2.24) is 0 Å². The third-order valence-electron chi connectivity index (χ3n) is 3.06. The van der Waals surface area contributed by atoms with Gasteiger partial charge >= 0.3 is 0 Å². The molecule has 2 heterocycles. The zero-order chi connectivity index (χ0) is 13.6. The second-order valence-electron chi connectivity index (χ2n) is 4.24. The van der Waals surface area contributed by atoms with E-state index in [0.717, 1.165) is 36.2 Å². The molecule has 1 aliphatic rings. The van der Waals surface area contributed by atoms with Crippen LogP contribution in [0.1, 0.15) is 16.0 Å². The van der Waals surface area contributed by atoms with Gasteiger partial charge in [0.15, 0.2) is 0 Å². The molecule has 1 aromatic heterocycles. The van der Waals surface area contributed by atoms with Crippen molar-refractivity contribution in [1.29, 1.82) is 0 Å². The van der Waals surface area contributed by atoms with Gasteiger partial charge in [0, 0.05) is 19.4 Å². The fraction of sp³-hybridized carbons (Fsp3) is 0.0714. The van der Waals surface area contributed by atoms with Gasteiger partial charge in [-0.25, -0.2) is 0 Å². The lowest BCUT2D eigenvalue weighted by atomic mass is 10.0. The molecule has 19 heavy (non-hydrogen) atoms. The molecule has 3 rings (SSSR count). The Morgan fingerprint density at radius 3 is 2.79 bits per heavy atom. The van der Waals surface area contributed by atoms with Crippen molar-refractivity contribution in [3.63, 3.8) is 0 Å². The van der Waals surface area contributed by atoms with E-state index in [0.29, 0.717) is 0 Å². The summed E-state index contributed by atoms with van der Waals surface area (Å²) in [6.07, 6.45) is 1.94. The van der Waals surface area contributed by atoms with Crippen molar-refractivity contribution in [2.24, 2.45) is 0 Å². The number of thiophene rings is 1. The van der Waals surface area contributed by atoms with E-state index in [1.165, 1.54) is 0 Å². The van der Waals surface area contributed by atoms with Gasteiger partial charge in [-0.3, -0.25) is 4.79 Å². The maximum atomic E-state index is 12.2. The van der Waals surface area contributed by atoms with E-state index in [9.17, 15) is 4.79 Å². The van der Waals surface area contributed by atoms with Crippen LogP contribution in [0.5, 0.6) is 0 Å². The van der Waals surface area contributed by atoms with Gasteiger partial charge in [0.05, 0.1) is 11.3 Å². The molecule has 0 bridgehead atoms. The minimum absolute atomic E-state index is 0.0506. The average molecular weight is 399 g/mol. The van der Waals surface area contributed by atoms with Crippen LogP contribution in [0.2, 0.25) is 0 Å². The van der Waals surface area contributed by atoms with E-state index in [-0.39, 0.29) is 5.91 Å². The summed E-state index contributed by atoms with van der Waals surface area (Å²) in [5.74, 6) is -0.0506. The fourth-order valence-corrected chi connectivity index (χ4v) is 4.04. The van der Waals surface area contributed by atoms with Crippen LogP contribution in [0.25, 0.3) is 11.6 Å². The summed E-state index contributed by atoms with van der Waals surface area (Å²) < 4.78 is 1.88. The van der Waals surface area contributed by atoms with E-state index in [4.69, 9.17) is 0 Å². The van der Waals surface area contributed by atoms with Crippen LogP contribution in [-0.2, 0) is 4.79 Å². The number of hydrogen-bond acceptors (Lipinski definition) is 2. The maximum Gasteiger partial charge on any atom is 0.256 e. The first-order valence-electron chi connectivity index (χ1n) is 5.63. The Bertz CT molecular complexity index is 705. The molecule has 1 amide bonds. The van der Waals surface area contributed by atoms with E-state index in [2.05, 4.69) is 37.2 Å². The third kappa shape index (κ3) is 2.20. The topological polar surface area (TPSA) is 29.1 Å². The molecule has 0 spiro atoms. The number of benzene rings is 1. The summed E-state index contributed by atoms with van der Waals surface area (Å²) in [7, 11) is 0. The number of fused-ring (bicyclic) bond motifs is 1. The summed E-state index contributed by atoms with van der Waals surface area (Å²) in [4.78, 5) is 13.2. The molecule has 0 aliphatic carbocycles. The van der Waals surface area contributed by atoms with Crippen LogP contribution in [0, 0.1) is 6.92 Å². The molecule has 1 N–H and O–H groups in total. The number of carbonyl (C=O) groups is 1. The summed E-state index contributed by atoms with van der Waals surface area (Å²) in [5.41, 5.74) is 3.62. The van der Waals surface area contributed by atoms with Gasteiger partial charge in [-0.1, -0.05) is 22.0 Å². The SMILES string of the molecule is Cc1c(Br)cc(Br)c2c1C(=Cc1cccs1)C(=O)N2. The smallest absolute Gasteiger partial charge is 0.256 e. The van der Waals surface area contributed by atoms with Crippen LogP contribution >= 0.6 is 43.2 Å². The number of anilines is 1. The first-order valence-corrected chi connectivity index (χ1v) is 8.10. The number of halogens is 2. The van der Waals surface area contributed by atoms with Gasteiger partial charge in [0.1, 0.15) is 0 Å². The highest BCUT2D eigenvalue weighted by Gasteiger charge is 2.29. The maximum absolute atomic E-state index is 12.2. The molecule has 1 aliphatic heterocycles. The number of amides is 1. The van der Waals surface area contributed by atoms with Crippen LogP contribution in [0.4, 0.5) is 5.69 Å². The lowest BCUT2D eigenvalue weighted by Crippen LogP contribution is -2.03. The molecule has 96 valence electrons. The second kappa shape index (κ2) is 4.89. The molecule has 0 fully saturated rings. The zero-order valence-corrected chi connectivity index (χ0v) is 13.9. The molecular weight excluding hydrogens is 390 g/mol. The molecule has 0 saturated heterocycles. The van der Waals surface area contributed by atoms with Crippen LogP contribution in [0.3, 0.4) is 0 Å². The number of carbonyl (C=O) groups excluding carboxylic acids is 1. The monoisotopic (exact) mass is 397 g/mol. The number of rotatable bonds is 1. The summed E-state index contributed by atoms with van der Waals surface area (Å²) in [5, 5.41) is 4.93. The molecule has 0 unspecified atom stereocenters. The Morgan fingerprint density at radius 1 is 1.32 bits per heavy atom. The van der Waals surface area contributed by atoms with Gasteiger partial charge < -0.3 is 5.32 Å². The standard InChI is InChI=1S/C14H9Br2NOS/c1-7-10(15)6-11(16)13-12(7)9(14(18)17-13)5-8-3-2-4-19-8/h2-6H,1H3,(H,17,18). The molecule has 0 saturated carbocycles. The average Bonchev–Trinajstić information content (AvgIpc) is 2.97. The highest BCUT2D eigenvalue weighted by molar-refractivity contribution is 9.11. The van der Waals surface area contributed by atoms with E-state index >= 15 is 0 Å². The molecule has 5 heteroatoms. The quantitative estimate of drug-likeness (QED) is 0.667. The minimum atomic E-state index is -0.0506. The van der Waals surface area contributed by atoms with Crippen molar-refractivity contribution in [3.8, 4) is 0 Å². The third-order valence-corrected chi connectivity index (χ3v) is 5.33. The zero-order valence-electron chi connectivity index (χ0n) is 9.96. The van der Waals surface area contributed by atoms with Gasteiger partial charge in [-0.2, -0.15) is 0 Å². The largest absolute Gasteiger partial charge is 0.320 e. The van der Waals surface area contributed by atoms with Gasteiger partial charge in [-0.15, -0.1) is 11.3 Å². The first kappa shape index (κ1) is 13.1. The Kier molecular flexibility index (Phi) is 3.37. The summed E-state index contributed by atoms with van der Waals surface area (Å²) in [6, 6.07) is 5.95. The first-order chi connectivity index (χ1) is 9.08. The van der Waals surface area contributed by atoms with Gasteiger partial charge in [0.25, 0.3) is 5.91 Å². The van der Waals surface area contributed by atoms with Crippen LogP contribution in [-0.4, -0.2) is 5.91 Å². The Balaban J connectivity index is 2.25. The van der Waals surface area contributed by atoms with E-state index in [1.54, 1.807) is 11.3 Å². The molecular formula is C14H9Br2NOS. The molecule has 2 nitrogen and oxygen atoms in total. The minimum Gasteiger partial charge on any atom is -0.320 e. The van der Waals surface area contributed by atoms with Gasteiger partial charge in [-0.05, 0) is 52.0 Å². The van der Waals surface area contributed by atoms with E-state index < -0.39 is 0 Å². The predicted molar refractivity (Wildman–Crippen MR) is 87.4 cm³/mol. The molecule has 0 atom stereocenters. The number of hydrogen-bond donors (Lipinski definition) is 1. The highest BCUT2D eigenvalue weighted by atomic mass is 79.9. The van der Waals surface area contributed by atoms with Crippen molar-refractivity contribution >= 4 is 66.4 Å². The Labute approximate surface area is 131 Å². The van der Waals surface area contributed by atoms with Crippen molar-refractivity contribution in [2.75, 3.05) is 5.32 Å². The van der Waals surface area contributed by atoms with Crippen molar-refractivity contribution < 1.29 is 4.79 Å². The highest BCUT2D eigenvalue weighted by Crippen LogP contribution is 2.43. The number of nitrogens with one attached hydrogen (secondary N) is 1. The molecule has 1 aromatic carbocycles. The Hall–Kier alpha value is -0.910. The van der Waals surface area contributed by atoms with Crippen molar-refractivity contribution in [2.45, 2.75) is 6.92 Å². The fourth-order valence-electron chi connectivity index (χ4n) is 2.12. The molecule has 2 aromatic rings. The normalized spacial score (nSPS) is 15.7. The van der Waals surface area contributed by atoms with Crippen LogP contribution in [0.15, 0.2) is 32.5 Å². The lowest BCUT2D eigenvalue weighted by molar-refractivity contribution is -0.110. The van der Waals surface area contributed by atoms with E-state index in [1.807, 2.05) is 36.6 Å². The molecule has 0 radical (unpaired) electrons. The van der Waals surface area contributed by atoms with Crippen molar-refractivity contribution in [3.05, 3.63) is 48.5 Å². The second-order valence-corrected chi connectivity index (χ2v) is 6.93. The Morgan fingerprint density at radius 2 is 2.11 bits per heavy atom. The summed E-state index contributed by atoms with van der Waals surface area (Å²) in [6.45, 7) is 2.01. The lowest BCUT2D eigenvalue weighted by Gasteiger charge is -2.08. The van der Waals surface area contributed by atoms with Crippen LogP contribution < -0.4 is 5.32 Å². The summed E-state index contributed by atoms with van der Waals surface area (Å²) >= 11 is 8.65. The van der Waals surface area contributed by atoms with Gasteiger partial charge in [0.2, 0.25) is 0 Å².